The summed E-state index contributed by atoms with van der Waals surface area (Å²) < 4.78 is 0. The van der Waals surface area contributed by atoms with Crippen molar-refractivity contribution in [3.8, 4) is 0 Å². The number of likely N-dealkylation sites (N-methyl/N-ethyl adjacent to an activating group) is 1. The van der Waals surface area contributed by atoms with Crippen LogP contribution in [-0.4, -0.2) is 72.8 Å². The number of piperidine rings is 1. The van der Waals surface area contributed by atoms with E-state index in [-0.39, 0.29) is 6.61 Å². The Kier molecular flexibility index (Phi) is 5.28. The van der Waals surface area contributed by atoms with Crippen molar-refractivity contribution in [1.82, 2.24) is 14.8 Å². The Bertz CT molecular complexity index is 473. The molecular weight excluding hydrogens is 276 g/mol. The monoisotopic (exact) mass is 304 g/mol. The van der Waals surface area contributed by atoms with E-state index >= 15 is 0 Å². The van der Waals surface area contributed by atoms with Crippen LogP contribution in [0, 0.1) is 5.92 Å². The standard InChI is InChI=1S/C17H28N4O/c1-19-8-10-20(11-9-19)13-16-5-2-6-18-17(16)21-7-3-4-15(12-21)14-22/h2,5-6,15,22H,3-4,7-14H2,1H3. The zero-order valence-corrected chi connectivity index (χ0v) is 13.6. The Balaban J connectivity index is 1.69. The number of hydrogen-bond donors (Lipinski definition) is 1. The Morgan fingerprint density at radius 3 is 2.82 bits per heavy atom. The molecule has 3 rings (SSSR count). The number of aromatic nitrogens is 1. The first kappa shape index (κ1) is 15.7. The van der Waals surface area contributed by atoms with Gasteiger partial charge < -0.3 is 14.9 Å². The molecule has 2 aliphatic heterocycles. The third-order valence-corrected chi connectivity index (χ3v) is 4.93. The molecule has 5 nitrogen and oxygen atoms in total. The fourth-order valence-corrected chi connectivity index (χ4v) is 3.49. The number of nitrogens with zero attached hydrogens (tertiary/aromatic N) is 4. The molecular formula is C17H28N4O. The zero-order chi connectivity index (χ0) is 15.4. The van der Waals surface area contributed by atoms with Crippen molar-refractivity contribution >= 4 is 5.82 Å². The van der Waals surface area contributed by atoms with Crippen LogP contribution in [0.1, 0.15) is 18.4 Å². The fourth-order valence-electron chi connectivity index (χ4n) is 3.49. The van der Waals surface area contributed by atoms with E-state index < -0.39 is 0 Å². The Morgan fingerprint density at radius 1 is 1.23 bits per heavy atom. The molecule has 0 saturated carbocycles. The molecule has 5 heteroatoms. The summed E-state index contributed by atoms with van der Waals surface area (Å²) in [4.78, 5) is 11.9. The lowest BCUT2D eigenvalue weighted by molar-refractivity contribution is 0.148. The first-order valence-corrected chi connectivity index (χ1v) is 8.47. The van der Waals surface area contributed by atoms with Gasteiger partial charge in [0.2, 0.25) is 0 Å². The maximum Gasteiger partial charge on any atom is 0.133 e. The van der Waals surface area contributed by atoms with Crippen molar-refractivity contribution < 1.29 is 5.11 Å². The summed E-state index contributed by atoms with van der Waals surface area (Å²) in [6, 6.07) is 4.26. The van der Waals surface area contributed by atoms with Crippen LogP contribution in [0.3, 0.4) is 0 Å². The Labute approximate surface area is 133 Å². The maximum atomic E-state index is 9.45. The van der Waals surface area contributed by atoms with E-state index in [0.29, 0.717) is 5.92 Å². The molecule has 2 fully saturated rings. The normalized spacial score (nSPS) is 24.6. The molecule has 2 aliphatic rings. The van der Waals surface area contributed by atoms with Crippen LogP contribution in [0.25, 0.3) is 0 Å². The summed E-state index contributed by atoms with van der Waals surface area (Å²) in [5, 5.41) is 9.45. The number of hydrogen-bond acceptors (Lipinski definition) is 5. The van der Waals surface area contributed by atoms with Crippen molar-refractivity contribution in [2.24, 2.45) is 5.92 Å². The van der Waals surface area contributed by atoms with Crippen LogP contribution in [0.2, 0.25) is 0 Å². The summed E-state index contributed by atoms with van der Waals surface area (Å²) in [6.45, 7) is 7.81. The van der Waals surface area contributed by atoms with Crippen LogP contribution in [0.15, 0.2) is 18.3 Å². The Morgan fingerprint density at radius 2 is 2.05 bits per heavy atom. The van der Waals surface area contributed by atoms with Crippen LogP contribution in [0.4, 0.5) is 5.82 Å². The van der Waals surface area contributed by atoms with Gasteiger partial charge >= 0.3 is 0 Å². The highest BCUT2D eigenvalue weighted by Crippen LogP contribution is 2.25. The van der Waals surface area contributed by atoms with Crippen LogP contribution < -0.4 is 4.90 Å². The predicted octanol–water partition coefficient (Wildman–Crippen LogP) is 1.04. The molecule has 1 unspecified atom stereocenters. The second-order valence-electron chi connectivity index (χ2n) is 6.70. The van der Waals surface area contributed by atoms with Gasteiger partial charge in [-0.2, -0.15) is 0 Å². The van der Waals surface area contributed by atoms with E-state index in [0.717, 1.165) is 64.5 Å². The van der Waals surface area contributed by atoms with Gasteiger partial charge in [0, 0.05) is 64.2 Å². The average Bonchev–Trinajstić information content (AvgIpc) is 2.57. The van der Waals surface area contributed by atoms with Crippen molar-refractivity contribution in [3.05, 3.63) is 23.9 Å². The minimum absolute atomic E-state index is 0.289. The molecule has 0 radical (unpaired) electrons. The SMILES string of the molecule is CN1CCN(Cc2cccnc2N2CCCC(CO)C2)CC1. The quantitative estimate of drug-likeness (QED) is 0.900. The summed E-state index contributed by atoms with van der Waals surface area (Å²) in [7, 11) is 2.19. The van der Waals surface area contributed by atoms with E-state index in [4.69, 9.17) is 0 Å². The summed E-state index contributed by atoms with van der Waals surface area (Å²) in [6.07, 6.45) is 4.18. The first-order chi connectivity index (χ1) is 10.8. The lowest BCUT2D eigenvalue weighted by Crippen LogP contribution is -2.44. The first-order valence-electron chi connectivity index (χ1n) is 8.47. The van der Waals surface area contributed by atoms with E-state index in [1.165, 1.54) is 5.56 Å². The largest absolute Gasteiger partial charge is 0.396 e. The molecule has 1 aromatic heterocycles. The average molecular weight is 304 g/mol. The number of rotatable bonds is 4. The lowest BCUT2D eigenvalue weighted by atomic mass is 9.98. The van der Waals surface area contributed by atoms with Gasteiger partial charge in [0.15, 0.2) is 0 Å². The number of aliphatic hydroxyl groups excluding tert-OH is 1. The molecule has 0 amide bonds. The van der Waals surface area contributed by atoms with Crippen molar-refractivity contribution in [2.45, 2.75) is 19.4 Å². The van der Waals surface area contributed by atoms with E-state index in [1.54, 1.807) is 0 Å². The van der Waals surface area contributed by atoms with Gasteiger partial charge in [0.1, 0.15) is 5.82 Å². The highest BCUT2D eigenvalue weighted by Gasteiger charge is 2.23. The molecule has 1 atom stereocenters. The van der Waals surface area contributed by atoms with Gasteiger partial charge in [-0.15, -0.1) is 0 Å². The second kappa shape index (κ2) is 7.40. The fraction of sp³-hybridized carbons (Fsp3) is 0.706. The number of aliphatic hydroxyl groups is 1. The molecule has 1 aromatic rings. The highest BCUT2D eigenvalue weighted by molar-refractivity contribution is 5.47. The third-order valence-electron chi connectivity index (χ3n) is 4.93. The topological polar surface area (TPSA) is 42.8 Å². The molecule has 2 saturated heterocycles. The highest BCUT2D eigenvalue weighted by atomic mass is 16.3. The molecule has 0 aromatic carbocycles. The second-order valence-corrected chi connectivity index (χ2v) is 6.70. The molecule has 0 aliphatic carbocycles. The van der Waals surface area contributed by atoms with Gasteiger partial charge in [0.25, 0.3) is 0 Å². The molecule has 0 bridgehead atoms. The van der Waals surface area contributed by atoms with Crippen LogP contribution >= 0.6 is 0 Å². The smallest absolute Gasteiger partial charge is 0.133 e. The minimum Gasteiger partial charge on any atom is -0.396 e. The predicted molar refractivity (Wildman–Crippen MR) is 89.0 cm³/mol. The van der Waals surface area contributed by atoms with Gasteiger partial charge in [-0.05, 0) is 31.9 Å². The van der Waals surface area contributed by atoms with Crippen LogP contribution in [-0.2, 0) is 6.54 Å². The van der Waals surface area contributed by atoms with Crippen molar-refractivity contribution in [2.75, 3.05) is 57.8 Å². The zero-order valence-electron chi connectivity index (χ0n) is 13.6. The van der Waals surface area contributed by atoms with Crippen molar-refractivity contribution in [1.29, 1.82) is 0 Å². The number of piperazine rings is 1. The molecule has 122 valence electrons. The van der Waals surface area contributed by atoms with Gasteiger partial charge in [-0.1, -0.05) is 6.07 Å². The summed E-state index contributed by atoms with van der Waals surface area (Å²) >= 11 is 0. The molecule has 1 N–H and O–H groups in total. The van der Waals surface area contributed by atoms with E-state index in [2.05, 4.69) is 32.8 Å². The maximum absolute atomic E-state index is 9.45. The van der Waals surface area contributed by atoms with E-state index in [9.17, 15) is 5.11 Å². The molecule has 3 heterocycles. The molecule has 22 heavy (non-hydrogen) atoms. The number of anilines is 1. The number of pyridine rings is 1. The van der Waals surface area contributed by atoms with Crippen molar-refractivity contribution in [3.63, 3.8) is 0 Å². The third kappa shape index (κ3) is 3.77. The van der Waals surface area contributed by atoms with Gasteiger partial charge in [-0.25, -0.2) is 4.98 Å². The van der Waals surface area contributed by atoms with Gasteiger partial charge in [0.05, 0.1) is 0 Å². The Hall–Kier alpha value is -1.17. The minimum atomic E-state index is 0.289. The van der Waals surface area contributed by atoms with E-state index in [1.807, 2.05) is 12.3 Å². The lowest BCUT2D eigenvalue weighted by Gasteiger charge is -2.36. The van der Waals surface area contributed by atoms with Crippen LogP contribution in [0.5, 0.6) is 0 Å². The summed E-state index contributed by atoms with van der Waals surface area (Å²) in [5.74, 6) is 1.52. The summed E-state index contributed by atoms with van der Waals surface area (Å²) in [5.41, 5.74) is 1.32. The molecule has 0 spiro atoms. The van der Waals surface area contributed by atoms with Gasteiger partial charge in [-0.3, -0.25) is 4.90 Å².